The summed E-state index contributed by atoms with van der Waals surface area (Å²) in [6.07, 6.45) is 3.87. The topological polar surface area (TPSA) is 139 Å². The fraction of sp³-hybridized carbons (Fsp3) is 0.222. The molecule has 4 N–H and O–H groups in total. The number of hydrogen-bond donors (Lipinski definition) is 4. The molecular weight excluding hydrogens is 582 g/mol. The van der Waals surface area contributed by atoms with Crippen LogP contribution in [0.1, 0.15) is 56.0 Å². The smallest absolute Gasteiger partial charge is 0.408 e. The maximum atomic E-state index is 12.8. The molecule has 0 saturated heterocycles. The molecule has 0 bridgehead atoms. The Labute approximate surface area is 265 Å². The number of fused-ring (bicyclic) bond motifs is 5. The Bertz CT molecular complexity index is 2000. The molecule has 7 rings (SSSR count). The van der Waals surface area contributed by atoms with Crippen molar-refractivity contribution in [2.24, 2.45) is 0 Å². The van der Waals surface area contributed by atoms with Gasteiger partial charge in [-0.1, -0.05) is 42.5 Å². The lowest BCUT2D eigenvalue weighted by molar-refractivity contribution is 0.0377. The number of nitrogens with zero attached hydrogens (tertiary/aromatic N) is 3. The van der Waals surface area contributed by atoms with E-state index >= 15 is 0 Å². The minimum Gasteiger partial charge on any atom is -0.507 e. The van der Waals surface area contributed by atoms with Crippen LogP contribution in [0.3, 0.4) is 0 Å². The molecule has 0 unspecified atom stereocenters. The average molecular weight is 616 g/mol. The molecule has 232 valence electrons. The molecule has 1 aliphatic heterocycles. The third-order valence-corrected chi connectivity index (χ3v) is 8.49. The lowest BCUT2D eigenvalue weighted by Gasteiger charge is -2.43. The van der Waals surface area contributed by atoms with Gasteiger partial charge >= 0.3 is 12.1 Å². The van der Waals surface area contributed by atoms with Crippen molar-refractivity contribution >= 4 is 23.6 Å². The highest BCUT2D eigenvalue weighted by Gasteiger charge is 2.41. The lowest BCUT2D eigenvalue weighted by atomic mass is 9.71. The number of carboxylic acids is 1. The third-order valence-electron chi connectivity index (χ3n) is 8.49. The Balaban J connectivity index is 1.41. The van der Waals surface area contributed by atoms with Crippen molar-refractivity contribution in [2.45, 2.75) is 51.2 Å². The van der Waals surface area contributed by atoms with Crippen molar-refractivity contribution < 1.29 is 24.5 Å². The number of pyridine rings is 1. The SMILES string of the molecule is CC(C)(C)OC(=O)NC1(c2ccc(-c3c(-c4ccc(C(=O)O)c(O)c4)nc4n3-c3cccnc3Nc3ccccc3-4)cc2)CCC1. The van der Waals surface area contributed by atoms with Crippen LogP contribution in [-0.2, 0) is 10.3 Å². The summed E-state index contributed by atoms with van der Waals surface area (Å²) in [6, 6.07) is 24.2. The number of ether oxygens (including phenoxy) is 1. The fourth-order valence-electron chi connectivity index (χ4n) is 6.21. The van der Waals surface area contributed by atoms with E-state index in [1.165, 1.54) is 12.1 Å². The van der Waals surface area contributed by atoms with E-state index < -0.39 is 23.2 Å². The van der Waals surface area contributed by atoms with Gasteiger partial charge in [-0.2, -0.15) is 0 Å². The molecule has 1 aliphatic carbocycles. The zero-order valence-electron chi connectivity index (χ0n) is 25.7. The Kier molecular flexibility index (Phi) is 6.81. The van der Waals surface area contributed by atoms with Gasteiger partial charge in [-0.3, -0.25) is 4.57 Å². The number of carboxylic acid groups (broad SMARTS) is 1. The number of imidazole rings is 1. The Morgan fingerprint density at radius 2 is 1.72 bits per heavy atom. The number of benzene rings is 3. The van der Waals surface area contributed by atoms with Gasteiger partial charge < -0.3 is 25.6 Å². The lowest BCUT2D eigenvalue weighted by Crippen LogP contribution is -2.52. The van der Waals surface area contributed by atoms with Crippen LogP contribution < -0.4 is 10.6 Å². The second-order valence-electron chi connectivity index (χ2n) is 12.7. The standard InChI is InChI=1S/C36H33N5O5/c1-35(2,3)46-34(45)40-36(17-7-18-36)23-14-11-21(12-15-23)30-29(22-13-16-25(33(43)44)28(42)20-22)39-32-24-8-4-5-9-26(24)38-31-27(41(30)32)10-6-19-37-31/h4-6,8-16,19-20,42H,7,17-18H2,1-3H3,(H,37,38)(H,40,45)(H,43,44). The number of phenols is 1. The molecule has 1 amide bonds. The maximum Gasteiger partial charge on any atom is 0.408 e. The second kappa shape index (κ2) is 10.8. The molecule has 46 heavy (non-hydrogen) atoms. The number of rotatable bonds is 5. The van der Waals surface area contributed by atoms with Crippen molar-refractivity contribution in [1.82, 2.24) is 19.9 Å². The van der Waals surface area contributed by atoms with Crippen molar-refractivity contribution in [3.05, 3.63) is 96.2 Å². The first-order chi connectivity index (χ1) is 22.0. The van der Waals surface area contributed by atoms with Gasteiger partial charge in [-0.05, 0) is 82.0 Å². The Hall–Kier alpha value is -5.64. The number of aromatic carboxylic acids is 1. The number of anilines is 2. The van der Waals surface area contributed by atoms with E-state index in [2.05, 4.69) is 15.6 Å². The second-order valence-corrected chi connectivity index (χ2v) is 12.7. The van der Waals surface area contributed by atoms with Crippen LogP contribution in [0.2, 0.25) is 0 Å². The molecule has 10 heteroatoms. The molecule has 10 nitrogen and oxygen atoms in total. The molecule has 2 aromatic heterocycles. The minimum atomic E-state index is -1.22. The van der Waals surface area contributed by atoms with Crippen molar-refractivity contribution in [1.29, 1.82) is 0 Å². The molecule has 0 radical (unpaired) electrons. The monoisotopic (exact) mass is 615 g/mol. The molecule has 2 aliphatic rings. The van der Waals surface area contributed by atoms with E-state index in [-0.39, 0.29) is 11.3 Å². The number of carbonyl (C=O) groups excluding carboxylic acids is 1. The summed E-state index contributed by atoms with van der Waals surface area (Å²) < 4.78 is 7.62. The number of nitrogens with one attached hydrogen (secondary N) is 2. The van der Waals surface area contributed by atoms with Gasteiger partial charge in [0, 0.05) is 22.9 Å². The number of alkyl carbamates (subject to hydrolysis) is 1. The van der Waals surface area contributed by atoms with Crippen LogP contribution in [0.15, 0.2) is 85.1 Å². The highest BCUT2D eigenvalue weighted by atomic mass is 16.6. The van der Waals surface area contributed by atoms with Gasteiger partial charge in [0.25, 0.3) is 0 Å². The largest absolute Gasteiger partial charge is 0.507 e. The van der Waals surface area contributed by atoms with Crippen LogP contribution in [0, 0.1) is 0 Å². The molecule has 3 heterocycles. The molecule has 0 spiro atoms. The van der Waals surface area contributed by atoms with E-state index in [0.717, 1.165) is 53.0 Å². The first-order valence-electron chi connectivity index (χ1n) is 15.2. The summed E-state index contributed by atoms with van der Waals surface area (Å²) >= 11 is 0. The number of aromatic nitrogens is 3. The van der Waals surface area contributed by atoms with Gasteiger partial charge in [0.2, 0.25) is 0 Å². The van der Waals surface area contributed by atoms with Gasteiger partial charge in [-0.15, -0.1) is 0 Å². The summed E-state index contributed by atoms with van der Waals surface area (Å²) in [5.41, 5.74) is 4.81. The molecular formula is C36H33N5O5. The number of aromatic hydroxyl groups is 1. The van der Waals surface area contributed by atoms with Crippen LogP contribution in [0.25, 0.3) is 39.6 Å². The quantitative estimate of drug-likeness (QED) is 0.155. The van der Waals surface area contributed by atoms with Crippen LogP contribution in [0.4, 0.5) is 16.3 Å². The average Bonchev–Trinajstić information content (AvgIpc) is 3.32. The molecule has 1 fully saturated rings. The fourth-order valence-corrected chi connectivity index (χ4v) is 6.21. The van der Waals surface area contributed by atoms with E-state index in [1.54, 1.807) is 12.3 Å². The van der Waals surface area contributed by atoms with Crippen LogP contribution in [-0.4, -0.2) is 42.4 Å². The maximum absolute atomic E-state index is 12.8. The van der Waals surface area contributed by atoms with Crippen molar-refractivity contribution in [2.75, 3.05) is 5.32 Å². The number of hydrogen-bond acceptors (Lipinski definition) is 7. The summed E-state index contributed by atoms with van der Waals surface area (Å²) in [5.74, 6) is -0.258. The summed E-state index contributed by atoms with van der Waals surface area (Å²) in [6.45, 7) is 5.53. The van der Waals surface area contributed by atoms with Gasteiger partial charge in [0.15, 0.2) is 5.82 Å². The molecule has 0 atom stereocenters. The first kappa shape index (κ1) is 29.1. The van der Waals surface area contributed by atoms with Crippen molar-refractivity contribution in [3.8, 4) is 45.3 Å². The number of para-hydroxylation sites is 1. The van der Waals surface area contributed by atoms with E-state index in [4.69, 9.17) is 9.72 Å². The highest BCUT2D eigenvalue weighted by Crippen LogP contribution is 2.46. The van der Waals surface area contributed by atoms with E-state index in [1.807, 2.05) is 86.0 Å². The van der Waals surface area contributed by atoms with E-state index in [9.17, 15) is 19.8 Å². The van der Waals surface area contributed by atoms with Crippen LogP contribution in [0.5, 0.6) is 5.75 Å². The zero-order chi connectivity index (χ0) is 32.2. The number of amides is 1. The molecule has 3 aromatic carbocycles. The first-order valence-corrected chi connectivity index (χ1v) is 15.2. The minimum absolute atomic E-state index is 0.192. The van der Waals surface area contributed by atoms with Gasteiger partial charge in [-0.25, -0.2) is 19.6 Å². The zero-order valence-corrected chi connectivity index (χ0v) is 25.7. The number of carbonyl (C=O) groups is 2. The normalized spacial score (nSPS) is 14.4. The predicted octanol–water partition coefficient (Wildman–Crippen LogP) is 7.63. The Morgan fingerprint density at radius 3 is 2.39 bits per heavy atom. The van der Waals surface area contributed by atoms with Crippen LogP contribution >= 0.6 is 0 Å². The predicted molar refractivity (Wildman–Crippen MR) is 174 cm³/mol. The van der Waals surface area contributed by atoms with Gasteiger partial charge in [0.05, 0.1) is 28.3 Å². The Morgan fingerprint density at radius 1 is 0.978 bits per heavy atom. The summed E-state index contributed by atoms with van der Waals surface area (Å²) in [5, 5.41) is 26.8. The highest BCUT2D eigenvalue weighted by molar-refractivity contribution is 5.94. The third kappa shape index (κ3) is 5.01. The van der Waals surface area contributed by atoms with Gasteiger partial charge in [0.1, 0.15) is 22.7 Å². The van der Waals surface area contributed by atoms with E-state index in [0.29, 0.717) is 22.9 Å². The summed E-state index contributed by atoms with van der Waals surface area (Å²) in [7, 11) is 0. The van der Waals surface area contributed by atoms with Crippen molar-refractivity contribution in [3.63, 3.8) is 0 Å². The summed E-state index contributed by atoms with van der Waals surface area (Å²) in [4.78, 5) is 34.3. The molecule has 1 saturated carbocycles. The molecule has 5 aromatic rings.